The number of rotatable bonds is 9. The van der Waals surface area contributed by atoms with Gasteiger partial charge in [-0.1, -0.05) is 16.8 Å². The number of hydrogen-bond acceptors (Lipinski definition) is 6. The van der Waals surface area contributed by atoms with E-state index in [9.17, 15) is 0 Å². The summed E-state index contributed by atoms with van der Waals surface area (Å²) < 4.78 is 10.5. The Kier molecular flexibility index (Phi) is 11.6. The van der Waals surface area contributed by atoms with E-state index >= 15 is 0 Å². The molecule has 3 rings (SSSR count). The molecule has 1 saturated heterocycles. The summed E-state index contributed by atoms with van der Waals surface area (Å²) in [5, 5.41) is 11.6. The van der Waals surface area contributed by atoms with Crippen LogP contribution < -0.4 is 10.6 Å². The van der Waals surface area contributed by atoms with Crippen molar-refractivity contribution in [2.75, 3.05) is 46.4 Å². The molecule has 0 unspecified atom stereocenters. The lowest BCUT2D eigenvalue weighted by Crippen LogP contribution is -2.49. The van der Waals surface area contributed by atoms with E-state index in [1.54, 1.807) is 7.11 Å². The second kappa shape index (κ2) is 13.9. The fourth-order valence-electron chi connectivity index (χ4n) is 3.37. The number of nitrogens with one attached hydrogen (secondary N) is 2. The highest BCUT2D eigenvalue weighted by Crippen LogP contribution is 2.18. The quantitative estimate of drug-likeness (QED) is 0.276. The second-order valence-electron chi connectivity index (χ2n) is 7.28. The Morgan fingerprint density at radius 3 is 2.71 bits per heavy atom. The summed E-state index contributed by atoms with van der Waals surface area (Å²) in [5.74, 6) is 1.98. The van der Waals surface area contributed by atoms with Gasteiger partial charge in [0.1, 0.15) is 0 Å². The first-order valence-electron chi connectivity index (χ1n) is 10.5. The lowest BCUT2D eigenvalue weighted by molar-refractivity contribution is 0.128. The highest BCUT2D eigenvalue weighted by molar-refractivity contribution is 14.0. The molecule has 1 aliphatic rings. The van der Waals surface area contributed by atoms with Gasteiger partial charge in [-0.25, -0.2) is 0 Å². The van der Waals surface area contributed by atoms with Crippen molar-refractivity contribution in [2.24, 2.45) is 4.99 Å². The summed E-state index contributed by atoms with van der Waals surface area (Å²) in [5.41, 5.74) is 0.879. The fourth-order valence-corrected chi connectivity index (χ4v) is 3.50. The third-order valence-electron chi connectivity index (χ3n) is 5.05. The van der Waals surface area contributed by atoms with Crippen molar-refractivity contribution in [2.45, 2.75) is 32.2 Å². The monoisotopic (exact) mass is 562 g/mol. The van der Waals surface area contributed by atoms with Crippen LogP contribution in [0, 0.1) is 0 Å². The Bertz CT molecular complexity index is 793. The summed E-state index contributed by atoms with van der Waals surface area (Å²) in [7, 11) is 1.75. The maximum atomic E-state index is 5.93. The van der Waals surface area contributed by atoms with Gasteiger partial charge in [0.15, 0.2) is 5.96 Å². The van der Waals surface area contributed by atoms with Crippen LogP contribution in [0.25, 0.3) is 11.4 Å². The van der Waals surface area contributed by atoms with Gasteiger partial charge in [0.25, 0.3) is 0 Å². The van der Waals surface area contributed by atoms with E-state index in [2.05, 4.69) is 37.6 Å². The molecule has 0 atom stereocenters. The molecular formula is C21H32ClIN6O2. The molecule has 31 heavy (non-hydrogen) atoms. The summed E-state index contributed by atoms with van der Waals surface area (Å²) >= 11 is 5.93. The number of likely N-dealkylation sites (tertiary alicyclic amines) is 1. The van der Waals surface area contributed by atoms with Crippen LogP contribution in [0.3, 0.4) is 0 Å². The van der Waals surface area contributed by atoms with E-state index in [4.69, 9.17) is 20.9 Å². The van der Waals surface area contributed by atoms with Gasteiger partial charge in [-0.3, -0.25) is 4.99 Å². The number of benzene rings is 1. The number of halogens is 2. The van der Waals surface area contributed by atoms with Crippen molar-refractivity contribution in [3.05, 3.63) is 35.2 Å². The Balaban J connectivity index is 0.00000341. The van der Waals surface area contributed by atoms with Crippen LogP contribution in [0.1, 0.15) is 25.7 Å². The molecular weight excluding hydrogens is 531 g/mol. The van der Waals surface area contributed by atoms with Gasteiger partial charge >= 0.3 is 0 Å². The number of piperidine rings is 1. The predicted molar refractivity (Wildman–Crippen MR) is 134 cm³/mol. The minimum absolute atomic E-state index is 0. The molecule has 0 bridgehead atoms. The minimum atomic E-state index is 0. The smallest absolute Gasteiger partial charge is 0.228 e. The van der Waals surface area contributed by atoms with E-state index in [1.807, 2.05) is 24.3 Å². The first-order valence-corrected chi connectivity index (χ1v) is 10.9. The highest BCUT2D eigenvalue weighted by atomic mass is 127. The predicted octanol–water partition coefficient (Wildman–Crippen LogP) is 3.22. The maximum absolute atomic E-state index is 5.93. The van der Waals surface area contributed by atoms with Gasteiger partial charge < -0.3 is 24.8 Å². The Labute approximate surface area is 206 Å². The van der Waals surface area contributed by atoms with Crippen LogP contribution in [0.5, 0.6) is 0 Å². The van der Waals surface area contributed by atoms with Gasteiger partial charge in [0, 0.05) is 56.3 Å². The van der Waals surface area contributed by atoms with Crippen LogP contribution in [0.2, 0.25) is 5.02 Å². The maximum Gasteiger partial charge on any atom is 0.228 e. The normalized spacial score (nSPS) is 15.5. The lowest BCUT2D eigenvalue weighted by Gasteiger charge is -2.32. The zero-order valence-corrected chi connectivity index (χ0v) is 21.2. The second-order valence-corrected chi connectivity index (χ2v) is 7.72. The van der Waals surface area contributed by atoms with Crippen LogP contribution >= 0.6 is 35.6 Å². The lowest BCUT2D eigenvalue weighted by atomic mass is 10.1. The average molecular weight is 563 g/mol. The minimum Gasteiger partial charge on any atom is -0.383 e. The van der Waals surface area contributed by atoms with Crippen LogP contribution in [0.4, 0.5) is 0 Å². The summed E-state index contributed by atoms with van der Waals surface area (Å²) in [6, 6.07) is 7.81. The summed E-state index contributed by atoms with van der Waals surface area (Å²) in [4.78, 5) is 11.6. The van der Waals surface area contributed by atoms with E-state index in [-0.39, 0.29) is 24.0 Å². The highest BCUT2D eigenvalue weighted by Gasteiger charge is 2.19. The van der Waals surface area contributed by atoms with E-state index in [0.717, 1.165) is 57.2 Å². The third-order valence-corrected chi connectivity index (χ3v) is 5.30. The van der Waals surface area contributed by atoms with Gasteiger partial charge in [-0.2, -0.15) is 4.98 Å². The zero-order chi connectivity index (χ0) is 21.2. The van der Waals surface area contributed by atoms with E-state index < -0.39 is 0 Å². The Morgan fingerprint density at radius 1 is 1.29 bits per heavy atom. The molecule has 2 N–H and O–H groups in total. The number of aromatic nitrogens is 2. The fraction of sp³-hybridized carbons (Fsp3) is 0.571. The molecule has 0 radical (unpaired) electrons. The van der Waals surface area contributed by atoms with Crippen molar-refractivity contribution in [3.8, 4) is 11.4 Å². The standard InChI is InChI=1S/C21H31ClN6O2.HI/c1-3-23-21(25-18-9-12-28(13-10-18)14-15-29-2)24-11-8-19-26-20(27-30-19)16-4-6-17(22)7-5-16;/h4-7,18H,3,8-15H2,1-2H3,(H2,23,24,25);1H. The van der Waals surface area contributed by atoms with Crippen LogP contribution in [0.15, 0.2) is 33.8 Å². The number of nitrogens with zero attached hydrogens (tertiary/aromatic N) is 4. The third kappa shape index (κ3) is 8.55. The summed E-state index contributed by atoms with van der Waals surface area (Å²) in [6.45, 7) is 7.41. The van der Waals surface area contributed by atoms with Gasteiger partial charge in [0.05, 0.1) is 13.2 Å². The number of ether oxygens (including phenoxy) is 1. The molecule has 8 nitrogen and oxygen atoms in total. The molecule has 1 aromatic carbocycles. The van der Waals surface area contributed by atoms with E-state index in [1.165, 1.54) is 0 Å². The van der Waals surface area contributed by atoms with Crippen molar-refractivity contribution >= 4 is 41.5 Å². The number of hydrogen-bond donors (Lipinski definition) is 2. The molecule has 2 aromatic rings. The van der Waals surface area contributed by atoms with Gasteiger partial charge in [-0.05, 0) is 44.0 Å². The molecule has 0 aliphatic carbocycles. The van der Waals surface area contributed by atoms with Gasteiger partial charge in [-0.15, -0.1) is 24.0 Å². The largest absolute Gasteiger partial charge is 0.383 e. The Hall–Kier alpha value is -1.43. The van der Waals surface area contributed by atoms with Crippen LogP contribution in [-0.4, -0.2) is 73.5 Å². The van der Waals surface area contributed by atoms with E-state index in [0.29, 0.717) is 35.7 Å². The molecule has 10 heteroatoms. The topological polar surface area (TPSA) is 87.8 Å². The molecule has 2 heterocycles. The van der Waals surface area contributed by atoms with Crippen LogP contribution in [-0.2, 0) is 11.2 Å². The molecule has 1 aromatic heterocycles. The molecule has 0 amide bonds. The summed E-state index contributed by atoms with van der Waals surface area (Å²) in [6.07, 6.45) is 2.79. The van der Waals surface area contributed by atoms with Crippen molar-refractivity contribution in [1.29, 1.82) is 0 Å². The molecule has 1 aliphatic heterocycles. The molecule has 0 saturated carbocycles. The zero-order valence-electron chi connectivity index (χ0n) is 18.1. The number of guanidine groups is 1. The SMILES string of the molecule is CCNC(=NCCc1nc(-c2ccc(Cl)cc2)no1)NC1CCN(CCOC)CC1.I. The van der Waals surface area contributed by atoms with Gasteiger partial charge in [0.2, 0.25) is 11.7 Å². The Morgan fingerprint density at radius 2 is 2.03 bits per heavy atom. The molecule has 0 spiro atoms. The van der Waals surface area contributed by atoms with Crippen molar-refractivity contribution in [1.82, 2.24) is 25.7 Å². The molecule has 172 valence electrons. The molecule has 1 fully saturated rings. The number of aliphatic imine (C=N–C) groups is 1. The first kappa shape index (κ1) is 25.8. The van der Waals surface area contributed by atoms with Crippen molar-refractivity contribution in [3.63, 3.8) is 0 Å². The first-order chi connectivity index (χ1) is 14.7. The van der Waals surface area contributed by atoms with Crippen molar-refractivity contribution < 1.29 is 9.26 Å². The average Bonchev–Trinajstić information content (AvgIpc) is 3.23. The number of methoxy groups -OCH3 is 1.